The SMILES string of the molecule is CN(C1SC2COCCN2N=C1c1ccccc1)S(C)(=O)=O. The summed E-state index contributed by atoms with van der Waals surface area (Å²) in [5.74, 6) is 0. The van der Waals surface area contributed by atoms with E-state index in [9.17, 15) is 8.42 Å². The highest BCUT2D eigenvalue weighted by Gasteiger charge is 2.38. The molecule has 2 atom stereocenters. The van der Waals surface area contributed by atoms with Crippen molar-refractivity contribution >= 4 is 27.5 Å². The van der Waals surface area contributed by atoms with Gasteiger partial charge < -0.3 is 4.74 Å². The molecule has 2 heterocycles. The lowest BCUT2D eigenvalue weighted by molar-refractivity contribution is 0.0245. The molecule has 0 saturated carbocycles. The van der Waals surface area contributed by atoms with Gasteiger partial charge in [-0.25, -0.2) is 8.42 Å². The minimum Gasteiger partial charge on any atom is -0.376 e. The molecule has 1 saturated heterocycles. The van der Waals surface area contributed by atoms with Gasteiger partial charge in [0.05, 0.1) is 31.7 Å². The number of hydrogen-bond acceptors (Lipinski definition) is 6. The van der Waals surface area contributed by atoms with E-state index in [1.807, 2.05) is 35.3 Å². The summed E-state index contributed by atoms with van der Waals surface area (Å²) in [5.41, 5.74) is 1.72. The van der Waals surface area contributed by atoms with Crippen molar-refractivity contribution in [3.05, 3.63) is 35.9 Å². The van der Waals surface area contributed by atoms with Crippen molar-refractivity contribution in [1.82, 2.24) is 9.31 Å². The molecule has 0 spiro atoms. The minimum atomic E-state index is -3.31. The van der Waals surface area contributed by atoms with Crippen molar-refractivity contribution in [1.29, 1.82) is 0 Å². The van der Waals surface area contributed by atoms with Crippen molar-refractivity contribution < 1.29 is 13.2 Å². The fraction of sp³-hybridized carbons (Fsp3) is 0.500. The molecule has 22 heavy (non-hydrogen) atoms. The summed E-state index contributed by atoms with van der Waals surface area (Å²) in [4.78, 5) is 0. The third kappa shape index (κ3) is 3.15. The van der Waals surface area contributed by atoms with E-state index < -0.39 is 10.0 Å². The van der Waals surface area contributed by atoms with Crippen molar-refractivity contribution in [2.45, 2.75) is 10.7 Å². The number of morpholine rings is 1. The fourth-order valence-electron chi connectivity index (χ4n) is 2.44. The zero-order valence-corrected chi connectivity index (χ0v) is 14.2. The van der Waals surface area contributed by atoms with Gasteiger partial charge >= 0.3 is 0 Å². The summed E-state index contributed by atoms with van der Waals surface area (Å²) >= 11 is 1.57. The Kier molecular flexibility index (Phi) is 4.44. The highest BCUT2D eigenvalue weighted by atomic mass is 32.2. The molecule has 2 unspecified atom stereocenters. The van der Waals surface area contributed by atoms with Crippen LogP contribution in [0.5, 0.6) is 0 Å². The van der Waals surface area contributed by atoms with E-state index in [0.29, 0.717) is 13.2 Å². The van der Waals surface area contributed by atoms with Crippen LogP contribution in [0.25, 0.3) is 0 Å². The largest absolute Gasteiger partial charge is 0.376 e. The van der Waals surface area contributed by atoms with E-state index in [1.165, 1.54) is 10.6 Å². The van der Waals surface area contributed by atoms with Crippen molar-refractivity contribution in [2.75, 3.05) is 33.1 Å². The third-order valence-corrected chi connectivity index (χ3v) is 6.62. The molecule has 1 aromatic carbocycles. The maximum atomic E-state index is 12.0. The molecule has 3 rings (SSSR count). The maximum Gasteiger partial charge on any atom is 0.212 e. The Balaban J connectivity index is 2.01. The summed E-state index contributed by atoms with van der Waals surface area (Å²) in [7, 11) is -1.71. The molecule has 6 nitrogen and oxygen atoms in total. The smallest absolute Gasteiger partial charge is 0.212 e. The molecule has 0 amide bonds. The average Bonchev–Trinajstić information content (AvgIpc) is 2.53. The second-order valence-electron chi connectivity index (χ2n) is 5.31. The molecule has 0 N–H and O–H groups in total. The van der Waals surface area contributed by atoms with Crippen LogP contribution in [0.2, 0.25) is 0 Å². The van der Waals surface area contributed by atoms with Gasteiger partial charge in [-0.05, 0) is 0 Å². The number of ether oxygens (including phenoxy) is 1. The molecular weight excluding hydrogens is 322 g/mol. The van der Waals surface area contributed by atoms with Crippen LogP contribution in [0, 0.1) is 0 Å². The van der Waals surface area contributed by atoms with Crippen LogP contribution in [0.4, 0.5) is 0 Å². The number of likely N-dealkylation sites (N-methyl/N-ethyl adjacent to an activating group) is 1. The standard InChI is InChI=1S/C14H19N3O3S2/c1-16(22(2,18)19)14-13(11-6-4-3-5-7-11)15-17-8-9-20-10-12(17)21-14/h3-7,12,14H,8-10H2,1-2H3. The Hall–Kier alpha value is -1.09. The van der Waals surface area contributed by atoms with Gasteiger partial charge in [0, 0.05) is 12.6 Å². The number of fused-ring (bicyclic) bond motifs is 1. The van der Waals surface area contributed by atoms with Crippen LogP contribution in [0.1, 0.15) is 5.56 Å². The summed E-state index contributed by atoms with van der Waals surface area (Å²) in [5, 5.41) is 6.44. The van der Waals surface area contributed by atoms with Gasteiger partial charge in [-0.2, -0.15) is 9.41 Å². The lowest BCUT2D eigenvalue weighted by Gasteiger charge is -2.41. The Morgan fingerprint density at radius 1 is 1.36 bits per heavy atom. The monoisotopic (exact) mass is 341 g/mol. The normalized spacial score (nSPS) is 25.8. The molecule has 1 aromatic rings. The van der Waals surface area contributed by atoms with E-state index in [0.717, 1.165) is 17.8 Å². The first-order chi connectivity index (χ1) is 10.5. The molecule has 0 radical (unpaired) electrons. The topological polar surface area (TPSA) is 62.2 Å². The predicted molar refractivity (Wildman–Crippen MR) is 88.3 cm³/mol. The Labute approximate surface area is 135 Å². The summed E-state index contributed by atoms with van der Waals surface area (Å²) in [6, 6.07) is 9.73. The molecule has 2 aliphatic heterocycles. The van der Waals surface area contributed by atoms with Gasteiger partial charge in [-0.1, -0.05) is 30.3 Å². The maximum absolute atomic E-state index is 12.0. The van der Waals surface area contributed by atoms with Crippen molar-refractivity contribution in [2.24, 2.45) is 5.10 Å². The number of rotatable bonds is 3. The molecule has 120 valence electrons. The Morgan fingerprint density at radius 3 is 2.77 bits per heavy atom. The van der Waals surface area contributed by atoms with E-state index in [-0.39, 0.29) is 10.7 Å². The number of thioether (sulfide) groups is 1. The van der Waals surface area contributed by atoms with E-state index in [2.05, 4.69) is 0 Å². The first-order valence-corrected chi connectivity index (χ1v) is 9.83. The van der Waals surface area contributed by atoms with Crippen LogP contribution in [0.15, 0.2) is 35.4 Å². The first-order valence-electron chi connectivity index (χ1n) is 7.03. The number of nitrogens with zero attached hydrogens (tertiary/aromatic N) is 3. The number of hydrazone groups is 1. The van der Waals surface area contributed by atoms with Gasteiger partial charge in [-0.15, -0.1) is 11.8 Å². The average molecular weight is 341 g/mol. The molecular formula is C14H19N3O3S2. The number of sulfonamides is 1. The van der Waals surface area contributed by atoms with Crippen molar-refractivity contribution in [3.8, 4) is 0 Å². The van der Waals surface area contributed by atoms with Gasteiger partial charge in [0.15, 0.2) is 0 Å². The molecule has 8 heteroatoms. The highest BCUT2D eigenvalue weighted by molar-refractivity contribution is 8.02. The van der Waals surface area contributed by atoms with Gasteiger partial charge in [0.2, 0.25) is 10.0 Å². The zero-order valence-electron chi connectivity index (χ0n) is 12.5. The summed E-state index contributed by atoms with van der Waals surface area (Å²) < 4.78 is 30.8. The molecule has 0 aliphatic carbocycles. The molecule has 1 fully saturated rings. The highest BCUT2D eigenvalue weighted by Crippen LogP contribution is 2.34. The molecule has 0 aromatic heterocycles. The second-order valence-corrected chi connectivity index (χ2v) is 8.62. The molecule has 2 aliphatic rings. The fourth-order valence-corrected chi connectivity index (χ4v) is 4.75. The third-order valence-electron chi connectivity index (χ3n) is 3.74. The number of benzene rings is 1. The van der Waals surface area contributed by atoms with Gasteiger partial charge in [0.1, 0.15) is 10.7 Å². The van der Waals surface area contributed by atoms with Crippen LogP contribution >= 0.6 is 11.8 Å². The van der Waals surface area contributed by atoms with Gasteiger partial charge in [0.25, 0.3) is 0 Å². The van der Waals surface area contributed by atoms with Crippen LogP contribution in [-0.2, 0) is 14.8 Å². The van der Waals surface area contributed by atoms with E-state index >= 15 is 0 Å². The second kappa shape index (κ2) is 6.19. The van der Waals surface area contributed by atoms with Crippen LogP contribution < -0.4 is 0 Å². The summed E-state index contributed by atoms with van der Waals surface area (Å²) in [6.07, 6.45) is 1.22. The quantitative estimate of drug-likeness (QED) is 0.821. The lowest BCUT2D eigenvalue weighted by atomic mass is 10.1. The van der Waals surface area contributed by atoms with Crippen LogP contribution in [0.3, 0.4) is 0 Å². The first kappa shape index (κ1) is 15.8. The van der Waals surface area contributed by atoms with Crippen LogP contribution in [-0.4, -0.2) is 67.3 Å². The van der Waals surface area contributed by atoms with E-state index in [1.54, 1.807) is 18.8 Å². The number of hydrogen-bond donors (Lipinski definition) is 0. The van der Waals surface area contributed by atoms with E-state index in [4.69, 9.17) is 9.84 Å². The summed E-state index contributed by atoms with van der Waals surface area (Å²) in [6.45, 7) is 1.93. The zero-order chi connectivity index (χ0) is 15.7. The molecule has 0 bridgehead atoms. The predicted octanol–water partition coefficient (Wildman–Crippen LogP) is 1.01. The van der Waals surface area contributed by atoms with Gasteiger partial charge in [-0.3, -0.25) is 5.01 Å². The Morgan fingerprint density at radius 2 is 2.09 bits per heavy atom. The Bertz CT molecular complexity index is 663. The minimum absolute atomic E-state index is 0.0513. The van der Waals surface area contributed by atoms with Crippen molar-refractivity contribution in [3.63, 3.8) is 0 Å². The lowest BCUT2D eigenvalue weighted by Crippen LogP contribution is -2.51.